The van der Waals surface area contributed by atoms with Gasteiger partial charge in [0.25, 0.3) is 0 Å². The molecule has 21 heavy (non-hydrogen) atoms. The lowest BCUT2D eigenvalue weighted by atomic mass is 9.75. The van der Waals surface area contributed by atoms with Crippen LogP contribution in [0, 0.1) is 5.92 Å². The minimum absolute atomic E-state index is 0.215. The number of carbonyl (C=O) groups is 1. The van der Waals surface area contributed by atoms with Gasteiger partial charge >= 0.3 is 0 Å². The first-order chi connectivity index (χ1) is 10.1. The summed E-state index contributed by atoms with van der Waals surface area (Å²) in [6.07, 6.45) is 9.01. The lowest BCUT2D eigenvalue weighted by Gasteiger charge is -2.58. The van der Waals surface area contributed by atoms with E-state index >= 15 is 0 Å². The van der Waals surface area contributed by atoms with Crippen LogP contribution < -0.4 is 0 Å². The van der Waals surface area contributed by atoms with Crippen molar-refractivity contribution in [2.24, 2.45) is 5.92 Å². The molecule has 0 unspecified atom stereocenters. The zero-order chi connectivity index (χ0) is 14.9. The predicted molar refractivity (Wildman–Crippen MR) is 83.1 cm³/mol. The van der Waals surface area contributed by atoms with Gasteiger partial charge < -0.3 is 9.64 Å². The summed E-state index contributed by atoms with van der Waals surface area (Å²) in [5.41, 5.74) is 1.27. The first-order valence-electron chi connectivity index (χ1n) is 8.33. The monoisotopic (exact) mass is 292 g/mol. The van der Waals surface area contributed by atoms with Gasteiger partial charge in [-0.3, -0.25) is 9.69 Å². The Hall–Kier alpha value is -0.870. The molecule has 0 radical (unpaired) electrons. The zero-order valence-electron chi connectivity index (χ0n) is 13.4. The summed E-state index contributed by atoms with van der Waals surface area (Å²) >= 11 is 0. The number of hydrogen-bond acceptors (Lipinski definition) is 3. The van der Waals surface area contributed by atoms with Crippen molar-refractivity contribution in [1.29, 1.82) is 0 Å². The number of allylic oxidation sites excluding steroid dienone is 1. The maximum atomic E-state index is 12.5. The van der Waals surface area contributed by atoms with Crippen LogP contribution in [0.2, 0.25) is 0 Å². The third kappa shape index (κ3) is 2.88. The second kappa shape index (κ2) is 6.09. The molecule has 0 aromatic heterocycles. The number of hydrogen-bond donors (Lipinski definition) is 0. The van der Waals surface area contributed by atoms with Gasteiger partial charge in [-0.2, -0.15) is 0 Å². The molecule has 0 bridgehead atoms. The highest BCUT2D eigenvalue weighted by Crippen LogP contribution is 2.39. The number of piperidine rings is 1. The van der Waals surface area contributed by atoms with Crippen molar-refractivity contribution in [3.8, 4) is 0 Å². The molecular weight excluding hydrogens is 264 g/mol. The quantitative estimate of drug-likeness (QED) is 0.798. The molecule has 4 heteroatoms. The average molecular weight is 292 g/mol. The van der Waals surface area contributed by atoms with Gasteiger partial charge in [0.2, 0.25) is 5.91 Å². The van der Waals surface area contributed by atoms with E-state index in [4.69, 9.17) is 4.74 Å². The maximum absolute atomic E-state index is 12.5. The molecule has 2 fully saturated rings. The summed E-state index contributed by atoms with van der Waals surface area (Å²) in [4.78, 5) is 17.1. The zero-order valence-corrected chi connectivity index (χ0v) is 13.4. The van der Waals surface area contributed by atoms with Crippen LogP contribution in [-0.2, 0) is 9.53 Å². The van der Waals surface area contributed by atoms with Crippen molar-refractivity contribution >= 4 is 5.91 Å². The Morgan fingerprint density at radius 2 is 2.24 bits per heavy atom. The molecule has 0 aromatic carbocycles. The van der Waals surface area contributed by atoms with E-state index in [1.807, 2.05) is 0 Å². The van der Waals surface area contributed by atoms with Gasteiger partial charge in [0, 0.05) is 32.4 Å². The van der Waals surface area contributed by atoms with E-state index in [1.165, 1.54) is 25.7 Å². The minimum Gasteiger partial charge on any atom is -0.384 e. The number of rotatable bonds is 3. The van der Waals surface area contributed by atoms with Crippen LogP contribution in [-0.4, -0.2) is 61.6 Å². The molecule has 0 aromatic rings. The van der Waals surface area contributed by atoms with Crippen LogP contribution in [0.15, 0.2) is 11.6 Å². The van der Waals surface area contributed by atoms with Crippen LogP contribution in [0.4, 0.5) is 0 Å². The summed E-state index contributed by atoms with van der Waals surface area (Å²) in [5.74, 6) is 0.944. The number of likely N-dealkylation sites (tertiary alicyclic amines) is 2. The highest BCUT2D eigenvalue weighted by Gasteiger charge is 2.51. The summed E-state index contributed by atoms with van der Waals surface area (Å²) in [6, 6.07) is 0. The molecule has 3 rings (SSSR count). The number of amides is 1. The van der Waals surface area contributed by atoms with Gasteiger partial charge in [-0.1, -0.05) is 6.08 Å². The van der Waals surface area contributed by atoms with E-state index in [2.05, 4.69) is 22.9 Å². The minimum atomic E-state index is 0.215. The molecule has 2 aliphatic heterocycles. The van der Waals surface area contributed by atoms with Gasteiger partial charge in [-0.15, -0.1) is 0 Å². The van der Waals surface area contributed by atoms with Crippen LogP contribution in [0.5, 0.6) is 0 Å². The Morgan fingerprint density at radius 1 is 1.43 bits per heavy atom. The second-order valence-electron chi connectivity index (χ2n) is 7.10. The summed E-state index contributed by atoms with van der Waals surface area (Å²) in [7, 11) is 4.00. The summed E-state index contributed by atoms with van der Waals surface area (Å²) in [6.45, 7) is 3.78. The number of nitrogens with zero attached hydrogens (tertiary/aromatic N) is 2. The second-order valence-corrected chi connectivity index (χ2v) is 7.10. The third-order valence-corrected chi connectivity index (χ3v) is 5.58. The van der Waals surface area contributed by atoms with Crippen LogP contribution in [0.25, 0.3) is 0 Å². The van der Waals surface area contributed by atoms with Gasteiger partial charge in [0.1, 0.15) is 0 Å². The van der Waals surface area contributed by atoms with E-state index in [-0.39, 0.29) is 5.54 Å². The maximum Gasteiger partial charge on any atom is 0.249 e. The van der Waals surface area contributed by atoms with Gasteiger partial charge in [0.15, 0.2) is 0 Å². The highest BCUT2D eigenvalue weighted by atomic mass is 16.5. The molecule has 0 N–H and O–H groups in total. The molecule has 3 aliphatic rings. The average Bonchev–Trinajstić information content (AvgIpc) is 2.47. The highest BCUT2D eigenvalue weighted by molar-refractivity contribution is 5.94. The Labute approximate surface area is 128 Å². The molecule has 2 saturated heterocycles. The Bertz CT molecular complexity index is 427. The van der Waals surface area contributed by atoms with Crippen molar-refractivity contribution in [2.75, 3.05) is 40.4 Å². The molecule has 1 amide bonds. The lowest BCUT2D eigenvalue weighted by molar-refractivity contribution is -0.147. The van der Waals surface area contributed by atoms with E-state index in [0.717, 1.165) is 44.7 Å². The molecule has 1 atom stereocenters. The summed E-state index contributed by atoms with van der Waals surface area (Å²) in [5, 5.41) is 0. The van der Waals surface area contributed by atoms with Crippen molar-refractivity contribution < 1.29 is 9.53 Å². The SMILES string of the molecule is COC[C@H]1CCN(C)C2(C1)CN(C(=O)C1=CCCCC1)C2. The fourth-order valence-electron chi connectivity index (χ4n) is 4.20. The molecule has 1 spiro atoms. The van der Waals surface area contributed by atoms with E-state index in [1.54, 1.807) is 7.11 Å². The van der Waals surface area contributed by atoms with Crippen molar-refractivity contribution in [1.82, 2.24) is 9.80 Å². The van der Waals surface area contributed by atoms with Gasteiger partial charge in [-0.25, -0.2) is 0 Å². The smallest absolute Gasteiger partial charge is 0.249 e. The molecule has 0 saturated carbocycles. The lowest BCUT2D eigenvalue weighted by Crippen LogP contribution is -2.72. The standard InChI is InChI=1S/C17H28N2O2/c1-18-9-8-14(11-21-2)10-17(18)12-19(13-17)16(20)15-6-4-3-5-7-15/h6,14H,3-5,7-13H2,1-2H3/t14-/m0/s1. The normalized spacial score (nSPS) is 29.1. The first kappa shape index (κ1) is 15.0. The molecule has 118 valence electrons. The van der Waals surface area contributed by atoms with Crippen molar-refractivity contribution in [2.45, 2.75) is 44.1 Å². The number of likely N-dealkylation sites (N-methyl/N-ethyl adjacent to an activating group) is 1. The van der Waals surface area contributed by atoms with Gasteiger partial charge in [-0.05, 0) is 58.0 Å². The fraction of sp³-hybridized carbons (Fsp3) is 0.824. The van der Waals surface area contributed by atoms with E-state index < -0.39 is 0 Å². The van der Waals surface area contributed by atoms with Crippen LogP contribution in [0.1, 0.15) is 38.5 Å². The largest absolute Gasteiger partial charge is 0.384 e. The Morgan fingerprint density at radius 3 is 2.90 bits per heavy atom. The number of ether oxygens (including phenoxy) is 1. The van der Waals surface area contributed by atoms with Crippen LogP contribution in [0.3, 0.4) is 0 Å². The third-order valence-electron chi connectivity index (χ3n) is 5.58. The summed E-state index contributed by atoms with van der Waals surface area (Å²) < 4.78 is 5.34. The Kier molecular flexibility index (Phi) is 4.36. The van der Waals surface area contributed by atoms with E-state index in [9.17, 15) is 4.79 Å². The van der Waals surface area contributed by atoms with Crippen molar-refractivity contribution in [3.63, 3.8) is 0 Å². The van der Waals surface area contributed by atoms with E-state index in [0.29, 0.717) is 11.8 Å². The predicted octanol–water partition coefficient (Wildman–Crippen LogP) is 2.06. The Balaban J connectivity index is 1.60. The fourth-order valence-corrected chi connectivity index (χ4v) is 4.20. The molecule has 2 heterocycles. The van der Waals surface area contributed by atoms with Crippen LogP contribution >= 0.6 is 0 Å². The molecular formula is C17H28N2O2. The molecule has 4 nitrogen and oxygen atoms in total. The topological polar surface area (TPSA) is 32.8 Å². The number of methoxy groups -OCH3 is 1. The number of carbonyl (C=O) groups excluding carboxylic acids is 1. The first-order valence-corrected chi connectivity index (χ1v) is 8.33. The molecule has 1 aliphatic carbocycles. The van der Waals surface area contributed by atoms with Gasteiger partial charge in [0.05, 0.1) is 5.54 Å². The van der Waals surface area contributed by atoms with Crippen molar-refractivity contribution in [3.05, 3.63) is 11.6 Å².